The van der Waals surface area contributed by atoms with E-state index in [1.54, 1.807) is 0 Å². The van der Waals surface area contributed by atoms with Crippen molar-refractivity contribution in [3.8, 4) is 0 Å². The molecule has 1 aliphatic heterocycles. The molecule has 17 heavy (non-hydrogen) atoms. The molecule has 0 aromatic heterocycles. The molecule has 1 aliphatic rings. The summed E-state index contributed by atoms with van der Waals surface area (Å²) in [4.78, 5) is 32.7. The Hall–Kier alpha value is -1.92. The number of hydrogen-bond acceptors (Lipinski definition) is 6. The molecule has 1 rings (SSSR count). The first-order chi connectivity index (χ1) is 8.02. The smallest absolute Gasteiger partial charge is 0.345 e. The Labute approximate surface area is 97.5 Å². The topological polar surface area (TPSA) is 95.7 Å². The lowest BCUT2D eigenvalue weighted by molar-refractivity contribution is -0.526. The molecule has 0 amide bonds. The fourth-order valence-corrected chi connectivity index (χ4v) is 1.33. The van der Waals surface area contributed by atoms with Gasteiger partial charge in [0.2, 0.25) is 6.04 Å². The molecule has 0 aromatic carbocycles. The van der Waals surface area contributed by atoms with Crippen molar-refractivity contribution in [1.29, 1.82) is 0 Å². The third-order valence-corrected chi connectivity index (χ3v) is 2.36. The van der Waals surface area contributed by atoms with Crippen molar-refractivity contribution in [1.82, 2.24) is 0 Å². The van der Waals surface area contributed by atoms with Gasteiger partial charge in [-0.25, -0.2) is 9.59 Å². The van der Waals surface area contributed by atoms with Crippen LogP contribution in [0.3, 0.4) is 0 Å². The highest BCUT2D eigenvalue weighted by atomic mass is 16.6. The molecule has 1 saturated heterocycles. The SMILES string of the molecule is C=C1C(=O)OCCCCC([N+](=O)[O-])COC1=O. The van der Waals surface area contributed by atoms with E-state index in [0.29, 0.717) is 12.8 Å². The van der Waals surface area contributed by atoms with E-state index < -0.39 is 28.5 Å². The third kappa shape index (κ3) is 3.86. The second kappa shape index (κ2) is 5.97. The van der Waals surface area contributed by atoms with Crippen LogP contribution >= 0.6 is 0 Å². The maximum Gasteiger partial charge on any atom is 0.345 e. The average Bonchev–Trinajstić information content (AvgIpc) is 2.31. The molecule has 0 radical (unpaired) electrons. The van der Waals surface area contributed by atoms with Gasteiger partial charge in [0.25, 0.3) is 0 Å². The van der Waals surface area contributed by atoms with E-state index in [-0.39, 0.29) is 19.6 Å². The summed E-state index contributed by atoms with van der Waals surface area (Å²) >= 11 is 0. The van der Waals surface area contributed by atoms with Gasteiger partial charge in [-0.1, -0.05) is 6.58 Å². The molecule has 1 atom stereocenters. The maximum atomic E-state index is 11.3. The Morgan fingerprint density at radius 3 is 2.53 bits per heavy atom. The molecule has 7 heteroatoms. The Balaban J connectivity index is 2.69. The summed E-state index contributed by atoms with van der Waals surface area (Å²) in [5.74, 6) is -1.81. The molecule has 0 bridgehead atoms. The van der Waals surface area contributed by atoms with Crippen molar-refractivity contribution in [2.75, 3.05) is 13.2 Å². The van der Waals surface area contributed by atoms with Gasteiger partial charge in [-0.3, -0.25) is 10.1 Å². The first kappa shape index (κ1) is 13.1. The molecule has 0 N–H and O–H groups in total. The summed E-state index contributed by atoms with van der Waals surface area (Å²) in [6.45, 7) is 3.00. The van der Waals surface area contributed by atoms with E-state index in [0.717, 1.165) is 0 Å². The number of rotatable bonds is 1. The van der Waals surface area contributed by atoms with Gasteiger partial charge in [-0.05, 0) is 12.8 Å². The average molecular weight is 243 g/mol. The lowest BCUT2D eigenvalue weighted by Crippen LogP contribution is -2.28. The monoisotopic (exact) mass is 243 g/mol. The molecular formula is C10H13NO6. The van der Waals surface area contributed by atoms with Gasteiger partial charge in [0.05, 0.1) is 6.61 Å². The zero-order chi connectivity index (χ0) is 12.8. The van der Waals surface area contributed by atoms with E-state index in [2.05, 4.69) is 11.3 Å². The summed E-state index contributed by atoms with van der Waals surface area (Å²) in [6.07, 6.45) is 1.32. The minimum absolute atomic E-state index is 0.121. The second-order valence-corrected chi connectivity index (χ2v) is 3.65. The number of cyclic esters (lactones) is 2. The van der Waals surface area contributed by atoms with Crippen LogP contribution < -0.4 is 0 Å². The van der Waals surface area contributed by atoms with Gasteiger partial charge in [-0.2, -0.15) is 0 Å². The van der Waals surface area contributed by atoms with E-state index in [9.17, 15) is 19.7 Å². The maximum absolute atomic E-state index is 11.3. The highest BCUT2D eigenvalue weighted by Crippen LogP contribution is 2.09. The predicted molar refractivity (Wildman–Crippen MR) is 55.7 cm³/mol. The molecule has 1 fully saturated rings. The predicted octanol–water partition coefficient (Wildman–Crippen LogP) is 0.458. The van der Waals surface area contributed by atoms with Crippen LogP contribution in [0.1, 0.15) is 19.3 Å². The number of esters is 2. The Morgan fingerprint density at radius 1 is 1.24 bits per heavy atom. The van der Waals surface area contributed by atoms with Crippen LogP contribution in [0.25, 0.3) is 0 Å². The Bertz CT molecular complexity index is 351. The standard InChI is InChI=1S/C10H13NO6/c1-7-9(12)16-5-3-2-4-8(11(14)15)6-17-10(7)13/h8H,1-6H2. The largest absolute Gasteiger partial charge is 0.462 e. The van der Waals surface area contributed by atoms with Crippen molar-refractivity contribution in [2.24, 2.45) is 0 Å². The molecule has 94 valence electrons. The van der Waals surface area contributed by atoms with Crippen LogP contribution in [-0.2, 0) is 19.1 Å². The van der Waals surface area contributed by atoms with Crippen LogP contribution in [0, 0.1) is 10.1 Å². The Morgan fingerprint density at radius 2 is 1.88 bits per heavy atom. The minimum Gasteiger partial charge on any atom is -0.462 e. The lowest BCUT2D eigenvalue weighted by atomic mass is 10.1. The fraction of sp³-hybridized carbons (Fsp3) is 0.600. The first-order valence-corrected chi connectivity index (χ1v) is 5.19. The Kier molecular flexibility index (Phi) is 4.62. The van der Waals surface area contributed by atoms with Crippen LogP contribution in [0.15, 0.2) is 12.2 Å². The zero-order valence-corrected chi connectivity index (χ0v) is 9.22. The van der Waals surface area contributed by atoms with Crippen molar-refractivity contribution in [3.05, 3.63) is 22.3 Å². The molecular weight excluding hydrogens is 230 g/mol. The summed E-state index contributed by atoms with van der Waals surface area (Å²) in [5.41, 5.74) is -0.436. The molecule has 0 saturated carbocycles. The number of carbonyl (C=O) groups is 2. The van der Waals surface area contributed by atoms with E-state index >= 15 is 0 Å². The lowest BCUT2D eigenvalue weighted by Gasteiger charge is -2.08. The van der Waals surface area contributed by atoms with Crippen LogP contribution in [0.2, 0.25) is 0 Å². The van der Waals surface area contributed by atoms with E-state index in [1.807, 2.05) is 0 Å². The first-order valence-electron chi connectivity index (χ1n) is 5.19. The normalized spacial score (nSPS) is 23.3. The summed E-state index contributed by atoms with van der Waals surface area (Å²) < 4.78 is 9.39. The van der Waals surface area contributed by atoms with Crippen molar-refractivity contribution in [2.45, 2.75) is 25.3 Å². The molecule has 1 heterocycles. The van der Waals surface area contributed by atoms with Crippen molar-refractivity contribution in [3.63, 3.8) is 0 Å². The summed E-state index contributed by atoms with van der Waals surface area (Å²) in [7, 11) is 0. The number of nitrogens with zero attached hydrogens (tertiary/aromatic N) is 1. The van der Waals surface area contributed by atoms with Crippen LogP contribution in [0.5, 0.6) is 0 Å². The van der Waals surface area contributed by atoms with Gasteiger partial charge in [0.1, 0.15) is 5.57 Å². The number of nitro groups is 1. The van der Waals surface area contributed by atoms with Gasteiger partial charge in [0, 0.05) is 11.3 Å². The molecule has 0 aliphatic carbocycles. The fourth-order valence-electron chi connectivity index (χ4n) is 1.33. The molecule has 0 aromatic rings. The number of ether oxygens (including phenoxy) is 2. The van der Waals surface area contributed by atoms with Gasteiger partial charge < -0.3 is 9.47 Å². The van der Waals surface area contributed by atoms with Crippen LogP contribution in [0.4, 0.5) is 0 Å². The third-order valence-electron chi connectivity index (χ3n) is 2.36. The van der Waals surface area contributed by atoms with E-state index in [4.69, 9.17) is 4.74 Å². The quantitative estimate of drug-likeness (QED) is 0.218. The highest BCUT2D eigenvalue weighted by Gasteiger charge is 2.26. The minimum atomic E-state index is -0.969. The second-order valence-electron chi connectivity index (χ2n) is 3.65. The van der Waals surface area contributed by atoms with Crippen molar-refractivity contribution >= 4 is 11.9 Å². The number of hydrogen-bond donors (Lipinski definition) is 0. The van der Waals surface area contributed by atoms with Gasteiger partial charge in [-0.15, -0.1) is 0 Å². The summed E-state index contributed by atoms with van der Waals surface area (Å²) in [5, 5.41) is 10.6. The summed E-state index contributed by atoms with van der Waals surface area (Å²) in [6, 6.07) is -0.944. The molecule has 7 nitrogen and oxygen atoms in total. The zero-order valence-electron chi connectivity index (χ0n) is 9.22. The van der Waals surface area contributed by atoms with Crippen molar-refractivity contribution < 1.29 is 24.0 Å². The number of carbonyl (C=O) groups excluding carboxylic acids is 2. The van der Waals surface area contributed by atoms with Gasteiger partial charge in [0.15, 0.2) is 6.61 Å². The highest BCUT2D eigenvalue weighted by molar-refractivity contribution is 6.13. The van der Waals surface area contributed by atoms with Crippen LogP contribution in [-0.4, -0.2) is 36.1 Å². The van der Waals surface area contributed by atoms with E-state index in [1.165, 1.54) is 0 Å². The van der Waals surface area contributed by atoms with Gasteiger partial charge >= 0.3 is 11.9 Å². The molecule has 1 unspecified atom stereocenters. The molecule has 0 spiro atoms.